The molecule has 98 valence electrons. The molecule has 0 spiro atoms. The van der Waals surface area contributed by atoms with Gasteiger partial charge in [-0.25, -0.2) is 4.98 Å². The van der Waals surface area contributed by atoms with Crippen LogP contribution in [0.2, 0.25) is 0 Å². The van der Waals surface area contributed by atoms with Crippen LogP contribution in [0.3, 0.4) is 0 Å². The van der Waals surface area contributed by atoms with Crippen molar-refractivity contribution in [2.75, 3.05) is 0 Å². The zero-order valence-electron chi connectivity index (χ0n) is 10.9. The van der Waals surface area contributed by atoms with E-state index < -0.39 is 6.10 Å². The molecule has 1 unspecified atom stereocenters. The number of hydrogen-bond donors (Lipinski definition) is 1. The first-order chi connectivity index (χ1) is 8.56. The van der Waals surface area contributed by atoms with Crippen molar-refractivity contribution >= 4 is 0 Å². The van der Waals surface area contributed by atoms with E-state index in [1.54, 1.807) is 12.5 Å². The molecule has 0 saturated heterocycles. The second kappa shape index (κ2) is 5.30. The molecule has 0 aliphatic rings. The normalized spacial score (nSPS) is 13.2. The van der Waals surface area contributed by atoms with Gasteiger partial charge in [0.1, 0.15) is 5.69 Å². The van der Waals surface area contributed by atoms with Gasteiger partial charge < -0.3 is 14.2 Å². The molecular formula is C12H18N4O2. The summed E-state index contributed by atoms with van der Waals surface area (Å²) in [6.07, 6.45) is 4.04. The maximum atomic E-state index is 9.82. The molecule has 0 aromatic carbocycles. The lowest BCUT2D eigenvalue weighted by molar-refractivity contribution is 0.138. The quantitative estimate of drug-likeness (QED) is 0.868. The van der Waals surface area contributed by atoms with Gasteiger partial charge in [0.15, 0.2) is 0 Å². The smallest absolute Gasteiger partial charge is 0.229 e. The first kappa shape index (κ1) is 12.8. The second-order valence-corrected chi connectivity index (χ2v) is 4.89. The van der Waals surface area contributed by atoms with Gasteiger partial charge in [-0.1, -0.05) is 19.0 Å². The molecule has 0 fully saturated rings. The third-order valence-electron chi connectivity index (χ3n) is 2.67. The highest BCUT2D eigenvalue weighted by Gasteiger charge is 2.15. The van der Waals surface area contributed by atoms with Gasteiger partial charge in [0, 0.05) is 7.05 Å². The minimum atomic E-state index is -0.440. The number of imidazole rings is 1. The van der Waals surface area contributed by atoms with Gasteiger partial charge >= 0.3 is 0 Å². The molecule has 0 radical (unpaired) electrons. The topological polar surface area (TPSA) is 77.0 Å². The summed E-state index contributed by atoms with van der Waals surface area (Å²) in [7, 11) is 1.87. The Balaban J connectivity index is 2.05. The SMILES string of the molecule is CC(C)CC(O)Cc1nc(-c2cncn2C)no1. The first-order valence-corrected chi connectivity index (χ1v) is 6.03. The highest BCUT2D eigenvalue weighted by Crippen LogP contribution is 2.16. The van der Waals surface area contributed by atoms with Crippen LogP contribution in [0.15, 0.2) is 17.0 Å². The summed E-state index contributed by atoms with van der Waals surface area (Å²) in [4.78, 5) is 8.26. The van der Waals surface area contributed by atoms with E-state index in [-0.39, 0.29) is 0 Å². The Morgan fingerprint density at radius 3 is 2.83 bits per heavy atom. The van der Waals surface area contributed by atoms with Crippen LogP contribution in [0.4, 0.5) is 0 Å². The number of aryl methyl sites for hydroxylation is 1. The Labute approximate surface area is 106 Å². The maximum absolute atomic E-state index is 9.82. The molecule has 0 bridgehead atoms. The molecule has 0 amide bonds. The van der Waals surface area contributed by atoms with Gasteiger partial charge in [-0.3, -0.25) is 0 Å². The lowest BCUT2D eigenvalue weighted by atomic mass is 10.0. The number of aliphatic hydroxyl groups excluding tert-OH is 1. The van der Waals surface area contributed by atoms with E-state index in [2.05, 4.69) is 29.0 Å². The van der Waals surface area contributed by atoms with Gasteiger partial charge in [0.25, 0.3) is 0 Å². The second-order valence-electron chi connectivity index (χ2n) is 4.89. The summed E-state index contributed by atoms with van der Waals surface area (Å²) in [6.45, 7) is 4.14. The van der Waals surface area contributed by atoms with E-state index in [9.17, 15) is 5.11 Å². The van der Waals surface area contributed by atoms with Gasteiger partial charge in [-0.15, -0.1) is 0 Å². The van der Waals surface area contributed by atoms with E-state index in [0.29, 0.717) is 24.1 Å². The maximum Gasteiger partial charge on any atom is 0.229 e. The van der Waals surface area contributed by atoms with Crippen LogP contribution in [0, 0.1) is 5.92 Å². The molecule has 2 aromatic rings. The number of hydrogen-bond acceptors (Lipinski definition) is 5. The van der Waals surface area contributed by atoms with Crippen molar-refractivity contribution in [3.63, 3.8) is 0 Å². The zero-order chi connectivity index (χ0) is 13.1. The van der Waals surface area contributed by atoms with E-state index in [0.717, 1.165) is 12.1 Å². The monoisotopic (exact) mass is 250 g/mol. The molecule has 18 heavy (non-hydrogen) atoms. The van der Waals surface area contributed by atoms with Crippen LogP contribution in [0.1, 0.15) is 26.2 Å². The van der Waals surface area contributed by atoms with E-state index in [1.165, 1.54) is 0 Å². The van der Waals surface area contributed by atoms with Crippen molar-refractivity contribution in [3.8, 4) is 11.5 Å². The predicted molar refractivity (Wildman–Crippen MR) is 65.7 cm³/mol. The molecule has 2 aromatic heterocycles. The molecular weight excluding hydrogens is 232 g/mol. The largest absolute Gasteiger partial charge is 0.393 e. The summed E-state index contributed by atoms with van der Waals surface area (Å²) in [5.74, 6) is 1.40. The van der Waals surface area contributed by atoms with Crippen molar-refractivity contribution in [3.05, 3.63) is 18.4 Å². The first-order valence-electron chi connectivity index (χ1n) is 6.03. The third kappa shape index (κ3) is 2.95. The van der Waals surface area contributed by atoms with Crippen molar-refractivity contribution in [2.24, 2.45) is 13.0 Å². The minimum absolute atomic E-state index is 0.392. The fourth-order valence-corrected chi connectivity index (χ4v) is 1.84. The number of nitrogens with zero attached hydrogens (tertiary/aromatic N) is 4. The standard InChI is InChI=1S/C12H18N4O2/c1-8(2)4-9(17)5-11-14-12(15-18-11)10-6-13-7-16(10)3/h6-9,17H,4-5H2,1-3H3. The summed E-state index contributed by atoms with van der Waals surface area (Å²) in [5.41, 5.74) is 0.795. The lowest BCUT2D eigenvalue weighted by Crippen LogP contribution is -2.13. The van der Waals surface area contributed by atoms with Crippen molar-refractivity contribution in [2.45, 2.75) is 32.8 Å². The molecule has 1 N–H and O–H groups in total. The van der Waals surface area contributed by atoms with E-state index in [1.807, 2.05) is 11.6 Å². The average Bonchev–Trinajstić information content (AvgIpc) is 2.85. The molecule has 1 atom stereocenters. The van der Waals surface area contributed by atoms with Crippen LogP contribution in [0.5, 0.6) is 0 Å². The molecule has 2 rings (SSSR count). The molecule has 0 aliphatic heterocycles. The Morgan fingerprint density at radius 2 is 2.22 bits per heavy atom. The average molecular weight is 250 g/mol. The van der Waals surface area contributed by atoms with Crippen molar-refractivity contribution in [1.82, 2.24) is 19.7 Å². The van der Waals surface area contributed by atoms with Crippen LogP contribution >= 0.6 is 0 Å². The van der Waals surface area contributed by atoms with Crippen molar-refractivity contribution in [1.29, 1.82) is 0 Å². The van der Waals surface area contributed by atoms with Crippen LogP contribution in [-0.4, -0.2) is 30.9 Å². The minimum Gasteiger partial charge on any atom is -0.393 e. The Kier molecular flexibility index (Phi) is 3.76. The molecule has 2 heterocycles. The summed E-state index contributed by atoms with van der Waals surface area (Å²) < 4.78 is 6.95. The van der Waals surface area contributed by atoms with Crippen molar-refractivity contribution < 1.29 is 9.63 Å². The van der Waals surface area contributed by atoms with Gasteiger partial charge in [-0.2, -0.15) is 4.98 Å². The summed E-state index contributed by atoms with van der Waals surface area (Å²) in [6, 6.07) is 0. The number of rotatable bonds is 5. The highest BCUT2D eigenvalue weighted by atomic mass is 16.5. The fourth-order valence-electron chi connectivity index (χ4n) is 1.84. The van der Waals surface area contributed by atoms with Crippen LogP contribution in [-0.2, 0) is 13.5 Å². The summed E-state index contributed by atoms with van der Waals surface area (Å²) >= 11 is 0. The Morgan fingerprint density at radius 1 is 1.44 bits per heavy atom. The zero-order valence-corrected chi connectivity index (χ0v) is 10.9. The van der Waals surface area contributed by atoms with Gasteiger partial charge in [0.05, 0.1) is 25.0 Å². The third-order valence-corrected chi connectivity index (χ3v) is 2.67. The lowest BCUT2D eigenvalue weighted by Gasteiger charge is -2.09. The summed E-state index contributed by atoms with van der Waals surface area (Å²) in [5, 5.41) is 13.7. The number of aromatic nitrogens is 4. The van der Waals surface area contributed by atoms with Crippen LogP contribution in [0.25, 0.3) is 11.5 Å². The van der Waals surface area contributed by atoms with Gasteiger partial charge in [-0.05, 0) is 12.3 Å². The van der Waals surface area contributed by atoms with E-state index in [4.69, 9.17) is 4.52 Å². The fraction of sp³-hybridized carbons (Fsp3) is 0.583. The highest BCUT2D eigenvalue weighted by molar-refractivity contribution is 5.46. The number of aliphatic hydroxyl groups is 1. The molecule has 6 nitrogen and oxygen atoms in total. The Bertz CT molecular complexity index is 504. The van der Waals surface area contributed by atoms with E-state index >= 15 is 0 Å². The molecule has 0 saturated carbocycles. The Hall–Kier alpha value is -1.69. The molecule has 0 aliphatic carbocycles. The predicted octanol–water partition coefficient (Wildman–Crippen LogP) is 1.42. The molecule has 6 heteroatoms. The van der Waals surface area contributed by atoms with Gasteiger partial charge in [0.2, 0.25) is 11.7 Å². The van der Waals surface area contributed by atoms with Crippen LogP contribution < -0.4 is 0 Å².